The van der Waals surface area contributed by atoms with Crippen LogP contribution < -0.4 is 16.4 Å². The summed E-state index contributed by atoms with van der Waals surface area (Å²) in [5, 5.41) is 6.36. The first-order valence-electron chi connectivity index (χ1n) is 8.77. The van der Waals surface area contributed by atoms with Gasteiger partial charge in [0.25, 0.3) is 0 Å². The number of hydrogen-bond donors (Lipinski definition) is 3. The van der Waals surface area contributed by atoms with Gasteiger partial charge in [0.1, 0.15) is 12.1 Å². The van der Waals surface area contributed by atoms with E-state index in [1.165, 1.54) is 5.56 Å². The molecule has 2 amide bonds. The SMILES string of the molecule is NCCCC[C@@H]1NC(=O)[C@@H]2C[C@H](NCc3ccccc3)CN2C1=O. The molecule has 0 radical (unpaired) electrons. The summed E-state index contributed by atoms with van der Waals surface area (Å²) in [5.41, 5.74) is 6.71. The van der Waals surface area contributed by atoms with Crippen molar-refractivity contribution in [2.75, 3.05) is 13.1 Å². The van der Waals surface area contributed by atoms with Crippen molar-refractivity contribution in [3.63, 3.8) is 0 Å². The van der Waals surface area contributed by atoms with Crippen molar-refractivity contribution in [1.29, 1.82) is 0 Å². The standard InChI is InChI=1S/C18H26N4O2/c19-9-5-4-8-15-18(24)22-12-14(10-16(22)17(23)21-15)20-11-13-6-2-1-3-7-13/h1-3,6-7,14-16,20H,4-5,8-12,19H2,(H,21,23)/t14-,15-,16-/m0/s1. The summed E-state index contributed by atoms with van der Waals surface area (Å²) in [6.45, 7) is 1.98. The number of piperazine rings is 1. The van der Waals surface area contributed by atoms with Crippen LogP contribution in [0.1, 0.15) is 31.2 Å². The summed E-state index contributed by atoms with van der Waals surface area (Å²) in [4.78, 5) is 26.7. The predicted molar refractivity (Wildman–Crippen MR) is 92.0 cm³/mol. The number of carbonyl (C=O) groups excluding carboxylic acids is 2. The number of carbonyl (C=O) groups is 2. The average Bonchev–Trinajstić information content (AvgIpc) is 3.04. The number of unbranched alkanes of at least 4 members (excludes halogenated alkanes) is 1. The molecule has 2 aliphatic rings. The van der Waals surface area contributed by atoms with Crippen molar-refractivity contribution >= 4 is 11.8 Å². The van der Waals surface area contributed by atoms with Crippen molar-refractivity contribution in [3.05, 3.63) is 35.9 Å². The monoisotopic (exact) mass is 330 g/mol. The molecule has 6 heteroatoms. The molecule has 3 atom stereocenters. The second-order valence-corrected chi connectivity index (χ2v) is 6.65. The van der Waals surface area contributed by atoms with Gasteiger partial charge < -0.3 is 21.3 Å². The highest BCUT2D eigenvalue weighted by molar-refractivity contribution is 5.97. The Balaban J connectivity index is 1.55. The summed E-state index contributed by atoms with van der Waals surface area (Å²) >= 11 is 0. The van der Waals surface area contributed by atoms with Gasteiger partial charge >= 0.3 is 0 Å². The zero-order chi connectivity index (χ0) is 16.9. The van der Waals surface area contributed by atoms with E-state index >= 15 is 0 Å². The lowest BCUT2D eigenvalue weighted by Crippen LogP contribution is -2.61. The van der Waals surface area contributed by atoms with Crippen molar-refractivity contribution in [2.24, 2.45) is 5.73 Å². The molecule has 0 unspecified atom stereocenters. The van der Waals surface area contributed by atoms with Crippen LogP contribution in [0.25, 0.3) is 0 Å². The topological polar surface area (TPSA) is 87.5 Å². The number of nitrogens with one attached hydrogen (secondary N) is 2. The van der Waals surface area contributed by atoms with Gasteiger partial charge in [-0.25, -0.2) is 0 Å². The molecule has 0 aliphatic carbocycles. The van der Waals surface area contributed by atoms with E-state index in [2.05, 4.69) is 22.8 Å². The first-order valence-corrected chi connectivity index (χ1v) is 8.77. The van der Waals surface area contributed by atoms with E-state index in [0.717, 1.165) is 19.4 Å². The lowest BCUT2D eigenvalue weighted by molar-refractivity contribution is -0.147. The fraction of sp³-hybridized carbons (Fsp3) is 0.556. The lowest BCUT2D eigenvalue weighted by Gasteiger charge is -2.34. The maximum Gasteiger partial charge on any atom is 0.245 e. The molecular weight excluding hydrogens is 304 g/mol. The fourth-order valence-corrected chi connectivity index (χ4v) is 3.55. The first-order chi connectivity index (χ1) is 11.7. The maximum absolute atomic E-state index is 12.6. The van der Waals surface area contributed by atoms with Gasteiger partial charge in [-0.2, -0.15) is 0 Å². The molecule has 2 saturated heterocycles. The Morgan fingerprint density at radius 1 is 1.21 bits per heavy atom. The Morgan fingerprint density at radius 3 is 2.75 bits per heavy atom. The zero-order valence-corrected chi connectivity index (χ0v) is 13.9. The fourth-order valence-electron chi connectivity index (χ4n) is 3.55. The average molecular weight is 330 g/mol. The molecule has 24 heavy (non-hydrogen) atoms. The van der Waals surface area contributed by atoms with Gasteiger partial charge in [0.15, 0.2) is 0 Å². The van der Waals surface area contributed by atoms with Gasteiger partial charge in [0.05, 0.1) is 0 Å². The van der Waals surface area contributed by atoms with Crippen LogP contribution in [0.4, 0.5) is 0 Å². The third-order valence-electron chi connectivity index (χ3n) is 4.89. The molecule has 4 N–H and O–H groups in total. The molecule has 2 heterocycles. The Labute approximate surface area is 142 Å². The van der Waals surface area contributed by atoms with E-state index in [4.69, 9.17) is 5.73 Å². The van der Waals surface area contributed by atoms with Gasteiger partial charge in [-0.15, -0.1) is 0 Å². The number of hydrogen-bond acceptors (Lipinski definition) is 4. The summed E-state index contributed by atoms with van der Waals surface area (Å²) in [5.74, 6) is 0.0389. The molecule has 0 saturated carbocycles. The van der Waals surface area contributed by atoms with Crippen molar-refractivity contribution in [1.82, 2.24) is 15.5 Å². The predicted octanol–water partition coefficient (Wildman–Crippen LogP) is 0.373. The van der Waals surface area contributed by atoms with E-state index in [1.807, 2.05) is 18.2 Å². The van der Waals surface area contributed by atoms with Crippen LogP contribution in [0.2, 0.25) is 0 Å². The molecule has 6 nitrogen and oxygen atoms in total. The highest BCUT2D eigenvalue weighted by Crippen LogP contribution is 2.24. The van der Waals surface area contributed by atoms with Crippen molar-refractivity contribution in [3.8, 4) is 0 Å². The van der Waals surface area contributed by atoms with Crippen LogP contribution >= 0.6 is 0 Å². The second kappa shape index (κ2) is 7.77. The number of nitrogens with two attached hydrogens (primary N) is 1. The number of benzene rings is 1. The number of fused-ring (bicyclic) bond motifs is 1. The molecular formula is C18H26N4O2. The minimum atomic E-state index is -0.381. The van der Waals surface area contributed by atoms with Gasteiger partial charge in [-0.05, 0) is 37.8 Å². The van der Waals surface area contributed by atoms with Crippen LogP contribution in [0.3, 0.4) is 0 Å². The minimum Gasteiger partial charge on any atom is -0.343 e. The highest BCUT2D eigenvalue weighted by atomic mass is 16.2. The summed E-state index contributed by atoms with van der Waals surface area (Å²) in [6.07, 6.45) is 3.10. The Hall–Kier alpha value is -1.92. The second-order valence-electron chi connectivity index (χ2n) is 6.65. The summed E-state index contributed by atoms with van der Waals surface area (Å²) < 4.78 is 0. The van der Waals surface area contributed by atoms with Gasteiger partial charge in [0.2, 0.25) is 11.8 Å². The third kappa shape index (κ3) is 3.76. The Bertz CT molecular complexity index is 578. The number of nitrogens with zero attached hydrogens (tertiary/aromatic N) is 1. The molecule has 1 aromatic carbocycles. The summed E-state index contributed by atoms with van der Waals surface area (Å²) in [7, 11) is 0. The van der Waals surface area contributed by atoms with Crippen LogP contribution in [0, 0.1) is 0 Å². The van der Waals surface area contributed by atoms with Crippen LogP contribution in [0.5, 0.6) is 0 Å². The molecule has 1 aromatic rings. The van der Waals surface area contributed by atoms with E-state index in [1.54, 1.807) is 4.90 Å². The first kappa shape index (κ1) is 16.9. The van der Waals surface area contributed by atoms with Crippen LogP contribution in [-0.2, 0) is 16.1 Å². The third-order valence-corrected chi connectivity index (χ3v) is 4.89. The molecule has 3 rings (SSSR count). The van der Waals surface area contributed by atoms with E-state index < -0.39 is 0 Å². The Kier molecular flexibility index (Phi) is 5.48. The zero-order valence-electron chi connectivity index (χ0n) is 13.9. The number of amides is 2. The van der Waals surface area contributed by atoms with Crippen molar-refractivity contribution < 1.29 is 9.59 Å². The molecule has 0 bridgehead atoms. The summed E-state index contributed by atoms with van der Waals surface area (Å²) in [6, 6.07) is 9.61. The highest BCUT2D eigenvalue weighted by Gasteiger charge is 2.45. The number of rotatable bonds is 7. The molecule has 0 aromatic heterocycles. The maximum atomic E-state index is 12.6. The molecule has 2 fully saturated rings. The largest absolute Gasteiger partial charge is 0.343 e. The Morgan fingerprint density at radius 2 is 2.00 bits per heavy atom. The normalized spacial score (nSPS) is 26.4. The van der Waals surface area contributed by atoms with Gasteiger partial charge in [-0.1, -0.05) is 30.3 Å². The quantitative estimate of drug-likeness (QED) is 0.631. The van der Waals surface area contributed by atoms with Crippen LogP contribution in [0.15, 0.2) is 30.3 Å². The van der Waals surface area contributed by atoms with E-state index in [0.29, 0.717) is 25.9 Å². The lowest BCUT2D eigenvalue weighted by atomic mass is 10.0. The minimum absolute atomic E-state index is 0.0173. The van der Waals surface area contributed by atoms with Gasteiger partial charge in [-0.3, -0.25) is 9.59 Å². The smallest absolute Gasteiger partial charge is 0.245 e. The molecule has 0 spiro atoms. The molecule has 130 valence electrons. The van der Waals surface area contributed by atoms with Gasteiger partial charge in [0, 0.05) is 19.1 Å². The molecule has 2 aliphatic heterocycles. The van der Waals surface area contributed by atoms with Crippen molar-refractivity contribution in [2.45, 2.75) is 50.4 Å². The van der Waals surface area contributed by atoms with E-state index in [-0.39, 0.29) is 29.9 Å². The van der Waals surface area contributed by atoms with E-state index in [9.17, 15) is 9.59 Å². The van der Waals surface area contributed by atoms with Crippen LogP contribution in [-0.4, -0.2) is 47.9 Å².